The van der Waals surface area contributed by atoms with Gasteiger partial charge in [0, 0.05) is 11.5 Å². The van der Waals surface area contributed by atoms with Crippen molar-refractivity contribution in [2.75, 3.05) is 5.73 Å². The highest BCUT2D eigenvalue weighted by Gasteiger charge is 2.10. The first kappa shape index (κ1) is 12.8. The Morgan fingerprint density at radius 3 is 2.76 bits per heavy atom. The lowest BCUT2D eigenvalue weighted by Crippen LogP contribution is -1.95. The van der Waals surface area contributed by atoms with Crippen molar-refractivity contribution in [1.82, 2.24) is 4.98 Å². The molecule has 1 heterocycles. The molecule has 0 saturated heterocycles. The number of benzene rings is 2. The minimum absolute atomic E-state index is 0.0613. The number of nitrogen functional groups attached to an aromatic ring is 1. The molecule has 0 fully saturated rings. The van der Waals surface area contributed by atoms with Crippen molar-refractivity contribution in [1.29, 1.82) is 5.26 Å². The number of pyridine rings is 1. The minimum atomic E-state index is -0.0613. The lowest BCUT2D eigenvalue weighted by Gasteiger charge is -2.10. The molecule has 102 valence electrons. The average Bonchev–Trinajstić information content (AvgIpc) is 2.51. The number of fused-ring (bicyclic) bond motifs is 1. The summed E-state index contributed by atoms with van der Waals surface area (Å²) in [7, 11) is 0. The average molecular weight is 277 g/mol. The molecule has 0 aliphatic heterocycles. The predicted molar refractivity (Wildman–Crippen MR) is 79.1 cm³/mol. The first-order valence-corrected chi connectivity index (χ1v) is 6.24. The van der Waals surface area contributed by atoms with E-state index in [1.165, 1.54) is 6.07 Å². The van der Waals surface area contributed by atoms with E-state index < -0.39 is 0 Å². The molecule has 5 nitrogen and oxygen atoms in total. The molecular formula is C16H11N3O2. The predicted octanol–water partition coefficient (Wildman–Crippen LogP) is 3.19. The fourth-order valence-corrected chi connectivity index (χ4v) is 2.03. The molecule has 0 spiro atoms. The van der Waals surface area contributed by atoms with Gasteiger partial charge in [-0.1, -0.05) is 24.3 Å². The zero-order chi connectivity index (χ0) is 14.8. The van der Waals surface area contributed by atoms with Gasteiger partial charge < -0.3 is 15.6 Å². The highest BCUT2D eigenvalue weighted by Crippen LogP contribution is 2.34. The molecule has 3 N–H and O–H groups in total. The molecule has 1 aromatic heterocycles. The second kappa shape index (κ2) is 5.02. The molecule has 21 heavy (non-hydrogen) atoms. The molecule has 0 atom stereocenters. The van der Waals surface area contributed by atoms with Crippen LogP contribution in [-0.4, -0.2) is 10.1 Å². The van der Waals surface area contributed by atoms with Crippen LogP contribution in [0.4, 0.5) is 5.69 Å². The molecule has 3 aromatic rings. The topological polar surface area (TPSA) is 92.2 Å². The van der Waals surface area contributed by atoms with Crippen molar-refractivity contribution in [3.63, 3.8) is 0 Å². The number of phenols is 1. The number of anilines is 1. The van der Waals surface area contributed by atoms with Crippen LogP contribution < -0.4 is 10.5 Å². The van der Waals surface area contributed by atoms with Gasteiger partial charge in [-0.3, -0.25) is 0 Å². The van der Waals surface area contributed by atoms with Crippen molar-refractivity contribution in [3.05, 3.63) is 54.1 Å². The van der Waals surface area contributed by atoms with Crippen LogP contribution in [-0.2, 0) is 0 Å². The number of ether oxygens (including phenoxy) is 1. The molecule has 0 radical (unpaired) electrons. The molecule has 0 unspecified atom stereocenters. The second-order valence-corrected chi connectivity index (χ2v) is 4.43. The van der Waals surface area contributed by atoms with Gasteiger partial charge >= 0.3 is 0 Å². The Morgan fingerprint density at radius 2 is 1.95 bits per heavy atom. The van der Waals surface area contributed by atoms with Crippen LogP contribution >= 0.6 is 0 Å². The van der Waals surface area contributed by atoms with Gasteiger partial charge in [0.1, 0.15) is 17.5 Å². The molecule has 0 aliphatic carbocycles. The summed E-state index contributed by atoms with van der Waals surface area (Å²) in [6, 6.07) is 15.7. The van der Waals surface area contributed by atoms with Gasteiger partial charge in [0.15, 0.2) is 5.75 Å². The molecule has 0 aliphatic rings. The number of aromatic hydroxyl groups is 1. The van der Waals surface area contributed by atoms with Gasteiger partial charge in [0.05, 0.1) is 11.1 Å². The first-order chi connectivity index (χ1) is 10.2. The maximum absolute atomic E-state index is 9.57. The van der Waals surface area contributed by atoms with Crippen molar-refractivity contribution < 1.29 is 9.84 Å². The van der Waals surface area contributed by atoms with E-state index in [4.69, 9.17) is 10.5 Å². The molecule has 0 saturated carbocycles. The van der Waals surface area contributed by atoms with Crippen molar-refractivity contribution in [2.24, 2.45) is 0 Å². The summed E-state index contributed by atoms with van der Waals surface area (Å²) in [6.07, 6.45) is 0. The number of hydrogen-bond acceptors (Lipinski definition) is 5. The fourth-order valence-electron chi connectivity index (χ4n) is 2.03. The van der Waals surface area contributed by atoms with E-state index >= 15 is 0 Å². The van der Waals surface area contributed by atoms with Gasteiger partial charge in [0.2, 0.25) is 5.88 Å². The number of para-hydroxylation sites is 2. The van der Waals surface area contributed by atoms with Crippen molar-refractivity contribution >= 4 is 16.6 Å². The zero-order valence-electron chi connectivity index (χ0n) is 10.9. The van der Waals surface area contributed by atoms with Gasteiger partial charge in [0.25, 0.3) is 0 Å². The van der Waals surface area contributed by atoms with Crippen LogP contribution in [0.1, 0.15) is 5.56 Å². The highest BCUT2D eigenvalue weighted by molar-refractivity contribution is 5.85. The maximum atomic E-state index is 9.57. The number of nitrogens with zero attached hydrogens (tertiary/aromatic N) is 2. The Kier molecular flexibility index (Phi) is 3.05. The number of phenolic OH excluding ortho intramolecular Hbond substituents is 1. The summed E-state index contributed by atoms with van der Waals surface area (Å²) in [5, 5.41) is 19.6. The van der Waals surface area contributed by atoms with Crippen LogP contribution in [0.3, 0.4) is 0 Å². The van der Waals surface area contributed by atoms with Crippen LogP contribution in [0.25, 0.3) is 10.9 Å². The lowest BCUT2D eigenvalue weighted by atomic mass is 10.1. The minimum Gasteiger partial charge on any atom is -0.506 e. The summed E-state index contributed by atoms with van der Waals surface area (Å²) < 4.78 is 5.59. The van der Waals surface area contributed by atoms with Gasteiger partial charge in [-0.15, -0.1) is 0 Å². The fraction of sp³-hybridized carbons (Fsp3) is 0. The molecular weight excluding hydrogens is 266 g/mol. The van der Waals surface area contributed by atoms with Gasteiger partial charge in [-0.05, 0) is 18.2 Å². The quantitative estimate of drug-likeness (QED) is 0.554. The van der Waals surface area contributed by atoms with E-state index in [1.54, 1.807) is 24.3 Å². The van der Waals surface area contributed by atoms with E-state index in [0.717, 1.165) is 5.39 Å². The normalized spacial score (nSPS) is 10.2. The number of hydrogen-bond donors (Lipinski definition) is 2. The highest BCUT2D eigenvalue weighted by atomic mass is 16.5. The Labute approximate surface area is 120 Å². The number of nitriles is 1. The summed E-state index contributed by atoms with van der Waals surface area (Å²) in [5.41, 5.74) is 7.00. The van der Waals surface area contributed by atoms with Crippen LogP contribution in [0, 0.1) is 11.3 Å². The van der Waals surface area contributed by atoms with Crippen LogP contribution in [0.15, 0.2) is 48.5 Å². The number of rotatable bonds is 2. The monoisotopic (exact) mass is 277 g/mol. The maximum Gasteiger partial charge on any atom is 0.221 e. The van der Waals surface area contributed by atoms with Gasteiger partial charge in [-0.25, -0.2) is 4.98 Å². The third-order valence-corrected chi connectivity index (χ3v) is 3.07. The summed E-state index contributed by atoms with van der Waals surface area (Å²) in [4.78, 5) is 4.34. The Morgan fingerprint density at radius 1 is 1.14 bits per heavy atom. The zero-order valence-corrected chi connectivity index (χ0v) is 10.9. The van der Waals surface area contributed by atoms with Crippen molar-refractivity contribution in [2.45, 2.75) is 0 Å². The molecule has 0 bridgehead atoms. The third kappa shape index (κ3) is 2.30. The first-order valence-electron chi connectivity index (χ1n) is 6.24. The van der Waals surface area contributed by atoms with Gasteiger partial charge in [-0.2, -0.15) is 5.26 Å². The Hall–Kier alpha value is -3.26. The van der Waals surface area contributed by atoms with Crippen LogP contribution in [0.2, 0.25) is 0 Å². The second-order valence-electron chi connectivity index (χ2n) is 4.43. The largest absolute Gasteiger partial charge is 0.506 e. The number of aromatic nitrogens is 1. The van der Waals surface area contributed by atoms with E-state index in [9.17, 15) is 10.4 Å². The summed E-state index contributed by atoms with van der Waals surface area (Å²) in [5.74, 6) is 0.484. The Bertz CT molecular complexity index is 869. The third-order valence-electron chi connectivity index (χ3n) is 3.07. The van der Waals surface area contributed by atoms with E-state index in [1.807, 2.05) is 18.2 Å². The SMILES string of the molecule is N#Cc1cc(Oc2cccc(O)c2N)nc2ccccc12. The lowest BCUT2D eigenvalue weighted by molar-refractivity contribution is 0.451. The van der Waals surface area contributed by atoms with Crippen molar-refractivity contribution in [3.8, 4) is 23.4 Å². The van der Waals surface area contributed by atoms with E-state index in [0.29, 0.717) is 16.8 Å². The summed E-state index contributed by atoms with van der Waals surface area (Å²) in [6.45, 7) is 0. The van der Waals surface area contributed by atoms with Crippen LogP contribution in [0.5, 0.6) is 17.4 Å². The smallest absolute Gasteiger partial charge is 0.221 e. The number of nitrogens with two attached hydrogens (primary N) is 1. The molecule has 3 rings (SSSR count). The molecule has 2 aromatic carbocycles. The molecule has 5 heteroatoms. The standard InChI is InChI=1S/C16H11N3O2/c17-9-10-8-15(19-12-5-2-1-4-11(10)12)21-14-7-3-6-13(20)16(14)18/h1-8,20H,18H2. The summed E-state index contributed by atoms with van der Waals surface area (Å²) >= 11 is 0. The van der Waals surface area contributed by atoms with E-state index in [2.05, 4.69) is 11.1 Å². The molecule has 0 amide bonds. The Balaban J connectivity index is 2.09. The van der Waals surface area contributed by atoms with E-state index in [-0.39, 0.29) is 17.3 Å².